The number of ether oxygens (including phenoxy) is 6. The molecule has 1 fully saturated rings. The number of allylic oxidation sites excluding steroid dienone is 1. The summed E-state index contributed by atoms with van der Waals surface area (Å²) in [6.07, 6.45) is 7.38. The first kappa shape index (κ1) is 40.9. The zero-order valence-corrected chi connectivity index (χ0v) is 32.6. The van der Waals surface area contributed by atoms with Crippen molar-refractivity contribution >= 4 is 17.9 Å². The lowest BCUT2D eigenvalue weighted by Gasteiger charge is -2.59. The second-order valence-electron chi connectivity index (χ2n) is 14.4. The lowest BCUT2D eigenvalue weighted by Crippen LogP contribution is -2.70. The molecule has 0 radical (unpaired) electrons. The zero-order valence-electron chi connectivity index (χ0n) is 32.6. The smallest absolute Gasteiger partial charge is 0.412 e. The fourth-order valence-electron chi connectivity index (χ4n) is 8.80. The molecule has 14 heteroatoms. The minimum Gasteiger partial charge on any atom is -0.459 e. The van der Waals surface area contributed by atoms with E-state index in [9.17, 15) is 19.8 Å². The van der Waals surface area contributed by atoms with Crippen molar-refractivity contribution in [1.82, 2.24) is 10.2 Å². The van der Waals surface area contributed by atoms with Crippen LogP contribution in [0.15, 0.2) is 65.9 Å². The highest BCUT2D eigenvalue weighted by Crippen LogP contribution is 2.62. The molecule has 6 rings (SSSR count). The second kappa shape index (κ2) is 18.9. The summed E-state index contributed by atoms with van der Waals surface area (Å²) in [5, 5.41) is 27.1. The van der Waals surface area contributed by atoms with Gasteiger partial charge >= 0.3 is 12.2 Å². The number of nitrogens with one attached hydrogen (secondary N) is 1. The average molecular weight is 778 g/mol. The molecular weight excluding hydrogens is 722 g/mol. The first-order valence-electron chi connectivity index (χ1n) is 19.7. The van der Waals surface area contributed by atoms with Crippen LogP contribution < -0.4 is 24.3 Å². The van der Waals surface area contributed by atoms with E-state index >= 15 is 0 Å². The van der Waals surface area contributed by atoms with Crippen molar-refractivity contribution in [1.29, 1.82) is 0 Å². The van der Waals surface area contributed by atoms with Crippen molar-refractivity contribution in [3.05, 3.63) is 71.8 Å². The van der Waals surface area contributed by atoms with E-state index in [1.165, 1.54) is 7.11 Å². The summed E-state index contributed by atoms with van der Waals surface area (Å²) in [4.78, 5) is 34.2. The summed E-state index contributed by atoms with van der Waals surface area (Å²) in [7, 11) is 1.35. The molecule has 2 aromatic rings. The van der Waals surface area contributed by atoms with Crippen LogP contribution >= 0.6 is 0 Å². The van der Waals surface area contributed by atoms with E-state index in [-0.39, 0.29) is 57.3 Å². The average Bonchev–Trinajstić information content (AvgIpc) is 3.68. The largest absolute Gasteiger partial charge is 0.459 e. The van der Waals surface area contributed by atoms with Gasteiger partial charge in [0.1, 0.15) is 24.1 Å². The lowest BCUT2D eigenvalue weighted by molar-refractivity contribution is -0.256. The van der Waals surface area contributed by atoms with Crippen LogP contribution in [0.5, 0.6) is 23.0 Å². The highest BCUT2D eigenvalue weighted by atomic mass is 16.7. The molecule has 304 valence electrons. The maximum atomic E-state index is 14.1. The van der Waals surface area contributed by atoms with Crippen LogP contribution in [0.3, 0.4) is 0 Å². The molecule has 0 bridgehead atoms. The molecule has 1 saturated carbocycles. The standard InChI is InChI=1S/C42H55N3O11/c1-5-20-53-42-37(45(41(49)50-4)25-27-14-16-35-36(21-27)52-26-51-35)24-33(44-54-7-3)31-22-28(12-8-10-18-46)30(13-9-11-19-47)38(39(31)42)32-23-29(15-17-34(32)56-42)55-40(48)43-6-2/h5,14-17,21-23,28,30,37-39,46-47H,1,6-13,18-20,24-26H2,2-4H3,(H,43,48)/t28-,30+,37-,38+,39+,42+/m0/s1. The Morgan fingerprint density at radius 2 is 1.80 bits per heavy atom. The Morgan fingerprint density at radius 3 is 2.54 bits per heavy atom. The molecule has 0 spiro atoms. The Bertz CT molecular complexity index is 1760. The number of amides is 2. The number of methoxy groups -OCH3 is 1. The van der Waals surface area contributed by atoms with Crippen molar-refractivity contribution in [3.8, 4) is 23.0 Å². The third kappa shape index (κ3) is 8.47. The van der Waals surface area contributed by atoms with E-state index in [4.69, 9.17) is 38.4 Å². The molecule has 2 heterocycles. The number of aliphatic hydroxyl groups is 2. The van der Waals surface area contributed by atoms with Gasteiger partial charge in [0.15, 0.2) is 11.5 Å². The van der Waals surface area contributed by atoms with Crippen LogP contribution in [0, 0.1) is 17.8 Å². The molecule has 2 aromatic carbocycles. The molecule has 0 unspecified atom stereocenters. The number of aliphatic hydroxyl groups excluding tert-OH is 2. The van der Waals surface area contributed by atoms with E-state index in [1.807, 2.05) is 38.1 Å². The normalized spacial score (nSPS) is 24.9. The summed E-state index contributed by atoms with van der Waals surface area (Å²) in [5.41, 5.74) is 3.16. The Balaban J connectivity index is 1.58. The SMILES string of the molecule is C=CCO[C@@]12Oc3ccc(OC(=O)NCC)cc3[C@H]3[C@H](CCCCO)[C@@H](CCCCO)C=C(C(=NOCC)C[C@@H]1N(Cc1ccc4c(c1)OCO4)C(=O)OC)[C@H]32. The highest BCUT2D eigenvalue weighted by Gasteiger charge is 2.65. The topological polar surface area (TPSA) is 167 Å². The minimum absolute atomic E-state index is 0.00408. The number of unbranched alkanes of at least 4 members (excludes halogenated alkanes) is 2. The van der Waals surface area contributed by atoms with Crippen LogP contribution in [-0.2, 0) is 20.9 Å². The van der Waals surface area contributed by atoms with Gasteiger partial charge in [-0.1, -0.05) is 36.2 Å². The van der Waals surface area contributed by atoms with Crippen molar-refractivity contribution in [3.63, 3.8) is 0 Å². The predicted molar refractivity (Wildman–Crippen MR) is 207 cm³/mol. The van der Waals surface area contributed by atoms with Gasteiger partial charge in [-0.25, -0.2) is 9.59 Å². The second-order valence-corrected chi connectivity index (χ2v) is 14.4. The maximum absolute atomic E-state index is 14.1. The summed E-state index contributed by atoms with van der Waals surface area (Å²) < 4.78 is 36.6. The van der Waals surface area contributed by atoms with Gasteiger partial charge in [-0.15, -0.1) is 6.58 Å². The molecule has 0 saturated heterocycles. The van der Waals surface area contributed by atoms with Gasteiger partial charge in [0.25, 0.3) is 0 Å². The number of hydrogen-bond donors (Lipinski definition) is 3. The Kier molecular flexibility index (Phi) is 13.8. The van der Waals surface area contributed by atoms with E-state index in [2.05, 4.69) is 18.0 Å². The third-order valence-corrected chi connectivity index (χ3v) is 11.1. The van der Waals surface area contributed by atoms with Crippen LogP contribution in [0.2, 0.25) is 0 Å². The lowest BCUT2D eigenvalue weighted by atomic mass is 9.55. The number of carbonyl (C=O) groups excluding carboxylic acids is 2. The number of benzene rings is 2. The predicted octanol–water partition coefficient (Wildman–Crippen LogP) is 6.45. The summed E-state index contributed by atoms with van der Waals surface area (Å²) in [6.45, 7) is 8.88. The summed E-state index contributed by atoms with van der Waals surface area (Å²) >= 11 is 0. The first-order chi connectivity index (χ1) is 27.3. The first-order valence-corrected chi connectivity index (χ1v) is 19.7. The fraction of sp³-hybridized carbons (Fsp3) is 0.548. The fourth-order valence-corrected chi connectivity index (χ4v) is 8.80. The molecular formula is C42H55N3O11. The van der Waals surface area contributed by atoms with Crippen molar-refractivity contribution < 1.29 is 53.1 Å². The molecule has 2 aliphatic heterocycles. The van der Waals surface area contributed by atoms with Crippen LogP contribution in [0.1, 0.15) is 75.8 Å². The maximum Gasteiger partial charge on any atom is 0.412 e. The van der Waals surface area contributed by atoms with Crippen LogP contribution in [-0.4, -0.2) is 91.7 Å². The van der Waals surface area contributed by atoms with E-state index < -0.39 is 29.9 Å². The molecule has 56 heavy (non-hydrogen) atoms. The molecule has 2 aliphatic carbocycles. The van der Waals surface area contributed by atoms with Gasteiger partial charge in [-0.2, -0.15) is 0 Å². The number of fused-ring (bicyclic) bond motifs is 3. The number of nitrogens with zero attached hydrogens (tertiary/aromatic N) is 2. The van der Waals surface area contributed by atoms with Gasteiger partial charge < -0.3 is 48.8 Å². The Morgan fingerprint density at radius 1 is 1.04 bits per heavy atom. The number of carbonyl (C=O) groups is 2. The highest BCUT2D eigenvalue weighted by molar-refractivity contribution is 6.03. The molecule has 2 amide bonds. The minimum atomic E-state index is -1.49. The number of hydrogen-bond acceptors (Lipinski definition) is 12. The molecule has 14 nitrogen and oxygen atoms in total. The van der Waals surface area contributed by atoms with Gasteiger partial charge in [-0.05, 0) is 92.8 Å². The van der Waals surface area contributed by atoms with Gasteiger partial charge in [-0.3, -0.25) is 4.90 Å². The number of rotatable bonds is 18. The molecule has 6 atom stereocenters. The Hall–Kier alpha value is -4.79. The van der Waals surface area contributed by atoms with Gasteiger partial charge in [0.2, 0.25) is 12.6 Å². The Labute approximate surface area is 328 Å². The van der Waals surface area contributed by atoms with E-state index in [0.717, 1.165) is 42.4 Å². The summed E-state index contributed by atoms with van der Waals surface area (Å²) in [6, 6.07) is 10.1. The van der Waals surface area contributed by atoms with Crippen LogP contribution in [0.25, 0.3) is 0 Å². The van der Waals surface area contributed by atoms with Crippen molar-refractivity contribution in [2.45, 2.75) is 83.1 Å². The zero-order chi connectivity index (χ0) is 39.7. The van der Waals surface area contributed by atoms with E-state index in [0.29, 0.717) is 54.7 Å². The van der Waals surface area contributed by atoms with Crippen LogP contribution in [0.4, 0.5) is 9.59 Å². The van der Waals surface area contributed by atoms with Gasteiger partial charge in [0.05, 0.1) is 25.3 Å². The monoisotopic (exact) mass is 777 g/mol. The molecule has 4 aliphatic rings. The summed E-state index contributed by atoms with van der Waals surface area (Å²) in [5.74, 6) is -0.188. The van der Waals surface area contributed by atoms with E-state index in [1.54, 1.807) is 23.1 Å². The van der Waals surface area contributed by atoms with Crippen molar-refractivity contribution in [2.75, 3.05) is 46.9 Å². The molecule has 3 N–H and O–H groups in total. The quantitative estimate of drug-likeness (QED) is 0.0866. The number of oxime groups is 1. The third-order valence-electron chi connectivity index (χ3n) is 11.1. The van der Waals surface area contributed by atoms with Gasteiger partial charge in [0, 0.05) is 44.2 Å². The van der Waals surface area contributed by atoms with Crippen molar-refractivity contribution in [2.24, 2.45) is 22.9 Å². The molecule has 0 aromatic heterocycles.